The minimum Gasteiger partial charge on any atom is -0.334 e. The molecule has 0 N–H and O–H groups in total. The Hall–Kier alpha value is -2.73. The lowest BCUT2D eigenvalue weighted by Crippen LogP contribution is -2.02. The molecule has 120 valence electrons. The predicted molar refractivity (Wildman–Crippen MR) is 91.7 cm³/mol. The minimum atomic E-state index is 0.246. The molecule has 0 aliphatic heterocycles. The van der Waals surface area contributed by atoms with E-state index in [2.05, 4.69) is 34.3 Å². The van der Waals surface area contributed by atoms with E-state index in [9.17, 15) is 0 Å². The van der Waals surface area contributed by atoms with Crippen molar-refractivity contribution >= 4 is 22.6 Å². The molecule has 0 amide bonds. The fourth-order valence-corrected chi connectivity index (χ4v) is 2.77. The first-order chi connectivity index (χ1) is 11.6. The summed E-state index contributed by atoms with van der Waals surface area (Å²) >= 11 is 6.18. The van der Waals surface area contributed by atoms with Crippen molar-refractivity contribution in [1.29, 1.82) is 0 Å². The summed E-state index contributed by atoms with van der Waals surface area (Å²) in [7, 11) is 0. The van der Waals surface area contributed by atoms with Crippen LogP contribution in [0.5, 0.6) is 0 Å². The Bertz CT molecular complexity index is 1020. The van der Waals surface area contributed by atoms with Gasteiger partial charge in [-0.05, 0) is 44.2 Å². The van der Waals surface area contributed by atoms with E-state index in [1.165, 1.54) is 0 Å². The fraction of sp³-hybridized carbons (Fsp3) is 0.176. The minimum absolute atomic E-state index is 0.246. The number of halogens is 1. The Morgan fingerprint density at radius 3 is 2.75 bits per heavy atom. The second-order valence-corrected chi connectivity index (χ2v) is 6.14. The zero-order valence-corrected chi connectivity index (χ0v) is 13.9. The molecule has 0 saturated heterocycles. The number of rotatable bonds is 3. The van der Waals surface area contributed by atoms with Crippen molar-refractivity contribution in [3.8, 4) is 22.8 Å². The largest absolute Gasteiger partial charge is 0.334 e. The molecule has 6 nitrogen and oxygen atoms in total. The number of hydrogen-bond acceptors (Lipinski definition) is 5. The summed E-state index contributed by atoms with van der Waals surface area (Å²) < 4.78 is 7.27. The third kappa shape index (κ3) is 2.45. The van der Waals surface area contributed by atoms with Gasteiger partial charge in [-0.2, -0.15) is 4.98 Å². The molecule has 2 aromatic carbocycles. The monoisotopic (exact) mass is 339 g/mol. The second kappa shape index (κ2) is 5.72. The smallest absolute Gasteiger partial charge is 0.258 e. The van der Waals surface area contributed by atoms with Crippen LogP contribution in [0.2, 0.25) is 5.02 Å². The van der Waals surface area contributed by atoms with Crippen molar-refractivity contribution in [2.75, 3.05) is 0 Å². The molecule has 0 atom stereocenters. The van der Waals surface area contributed by atoms with Crippen LogP contribution in [0.15, 0.2) is 47.0 Å². The molecule has 24 heavy (non-hydrogen) atoms. The summed E-state index contributed by atoms with van der Waals surface area (Å²) in [5.41, 5.74) is 3.29. The molecular formula is C17H14ClN5O. The maximum Gasteiger partial charge on any atom is 0.258 e. The topological polar surface area (TPSA) is 69.6 Å². The fourth-order valence-electron chi connectivity index (χ4n) is 2.55. The van der Waals surface area contributed by atoms with Crippen LogP contribution in [0.25, 0.3) is 33.9 Å². The summed E-state index contributed by atoms with van der Waals surface area (Å²) in [4.78, 5) is 4.44. The lowest BCUT2D eigenvalue weighted by atomic mass is 10.2. The molecule has 0 unspecified atom stereocenters. The highest BCUT2D eigenvalue weighted by Crippen LogP contribution is 2.28. The standard InChI is InChI=1S/C17H14ClN5O/c1-10(2)23-15-8-7-11(9-14(15)20-22-23)17-19-16(21-24-17)12-5-3-4-6-13(12)18/h3-10H,1-2H3. The highest BCUT2D eigenvalue weighted by atomic mass is 35.5. The zero-order chi connectivity index (χ0) is 16.7. The molecule has 0 spiro atoms. The van der Waals surface area contributed by atoms with E-state index in [-0.39, 0.29) is 6.04 Å². The van der Waals surface area contributed by atoms with Gasteiger partial charge in [-0.15, -0.1) is 5.10 Å². The van der Waals surface area contributed by atoms with Gasteiger partial charge in [-0.1, -0.05) is 34.1 Å². The van der Waals surface area contributed by atoms with Gasteiger partial charge in [0, 0.05) is 17.2 Å². The van der Waals surface area contributed by atoms with Crippen LogP contribution >= 0.6 is 11.6 Å². The Morgan fingerprint density at radius 1 is 1.12 bits per heavy atom. The first kappa shape index (κ1) is 14.8. The number of hydrogen-bond donors (Lipinski definition) is 0. The van der Waals surface area contributed by atoms with E-state index in [0.29, 0.717) is 16.7 Å². The third-order valence-corrected chi connectivity index (χ3v) is 4.08. The van der Waals surface area contributed by atoms with Gasteiger partial charge in [0.05, 0.1) is 10.5 Å². The van der Waals surface area contributed by atoms with Crippen molar-refractivity contribution in [2.45, 2.75) is 19.9 Å². The molecule has 2 heterocycles. The van der Waals surface area contributed by atoms with Crippen molar-refractivity contribution in [3.05, 3.63) is 47.5 Å². The quantitative estimate of drug-likeness (QED) is 0.554. The molecule has 0 aliphatic rings. The van der Waals surface area contributed by atoms with E-state index in [4.69, 9.17) is 16.1 Å². The number of nitrogens with zero attached hydrogens (tertiary/aromatic N) is 5. The lowest BCUT2D eigenvalue weighted by Gasteiger charge is -2.04. The normalized spacial score (nSPS) is 11.5. The van der Waals surface area contributed by atoms with E-state index in [1.54, 1.807) is 6.07 Å². The van der Waals surface area contributed by atoms with Crippen molar-refractivity contribution in [2.24, 2.45) is 0 Å². The zero-order valence-electron chi connectivity index (χ0n) is 13.1. The summed E-state index contributed by atoms with van der Waals surface area (Å²) in [5, 5.41) is 13.0. The van der Waals surface area contributed by atoms with Crippen LogP contribution in [-0.4, -0.2) is 25.1 Å². The Kier molecular flexibility index (Phi) is 3.54. The van der Waals surface area contributed by atoms with Crippen LogP contribution in [0, 0.1) is 0 Å². The first-order valence-corrected chi connectivity index (χ1v) is 7.95. The van der Waals surface area contributed by atoms with Gasteiger partial charge in [-0.3, -0.25) is 0 Å². The van der Waals surface area contributed by atoms with Crippen LogP contribution < -0.4 is 0 Å². The van der Waals surface area contributed by atoms with Gasteiger partial charge in [0.15, 0.2) is 0 Å². The van der Waals surface area contributed by atoms with Gasteiger partial charge in [0.25, 0.3) is 5.89 Å². The first-order valence-electron chi connectivity index (χ1n) is 7.57. The maximum atomic E-state index is 6.18. The van der Waals surface area contributed by atoms with E-state index >= 15 is 0 Å². The number of aromatic nitrogens is 5. The van der Waals surface area contributed by atoms with Gasteiger partial charge < -0.3 is 4.52 Å². The Labute approximate surface area is 143 Å². The molecule has 0 bridgehead atoms. The van der Waals surface area contributed by atoms with Gasteiger partial charge >= 0.3 is 0 Å². The van der Waals surface area contributed by atoms with Crippen molar-refractivity contribution in [3.63, 3.8) is 0 Å². The molecule has 0 fully saturated rings. The molecule has 7 heteroatoms. The molecule has 4 rings (SSSR count). The summed E-state index contributed by atoms with van der Waals surface area (Å²) in [6.45, 7) is 4.13. The molecule has 0 saturated carbocycles. The summed E-state index contributed by atoms with van der Waals surface area (Å²) in [6.07, 6.45) is 0. The molecule has 4 aromatic rings. The highest BCUT2D eigenvalue weighted by Gasteiger charge is 2.15. The Morgan fingerprint density at radius 2 is 1.96 bits per heavy atom. The van der Waals surface area contributed by atoms with Crippen LogP contribution in [0.1, 0.15) is 19.9 Å². The van der Waals surface area contributed by atoms with Gasteiger partial charge in [0.2, 0.25) is 5.82 Å². The average molecular weight is 340 g/mol. The summed E-state index contributed by atoms with van der Waals surface area (Å²) in [6, 6.07) is 13.4. The number of fused-ring (bicyclic) bond motifs is 1. The van der Waals surface area contributed by atoms with Crippen LogP contribution in [-0.2, 0) is 0 Å². The molecule has 0 radical (unpaired) electrons. The third-order valence-electron chi connectivity index (χ3n) is 3.75. The Balaban J connectivity index is 1.75. The lowest BCUT2D eigenvalue weighted by molar-refractivity contribution is 0.432. The van der Waals surface area contributed by atoms with Gasteiger partial charge in [-0.25, -0.2) is 4.68 Å². The van der Waals surface area contributed by atoms with Crippen molar-refractivity contribution in [1.82, 2.24) is 25.1 Å². The van der Waals surface area contributed by atoms with E-state index in [1.807, 2.05) is 41.1 Å². The highest BCUT2D eigenvalue weighted by molar-refractivity contribution is 6.33. The number of benzene rings is 2. The summed E-state index contributed by atoms with van der Waals surface area (Å²) in [5.74, 6) is 0.882. The van der Waals surface area contributed by atoms with E-state index in [0.717, 1.165) is 22.2 Å². The molecular weight excluding hydrogens is 326 g/mol. The maximum absolute atomic E-state index is 6.18. The van der Waals surface area contributed by atoms with Crippen LogP contribution in [0.3, 0.4) is 0 Å². The molecule has 0 aliphatic carbocycles. The second-order valence-electron chi connectivity index (χ2n) is 5.73. The predicted octanol–water partition coefficient (Wildman–Crippen LogP) is 4.38. The van der Waals surface area contributed by atoms with Crippen molar-refractivity contribution < 1.29 is 4.52 Å². The van der Waals surface area contributed by atoms with Gasteiger partial charge in [0.1, 0.15) is 5.52 Å². The SMILES string of the molecule is CC(C)n1nnc2cc(-c3nc(-c4ccccc4Cl)no3)ccc21. The van der Waals surface area contributed by atoms with E-state index < -0.39 is 0 Å². The molecule has 2 aromatic heterocycles. The van der Waals surface area contributed by atoms with Crippen LogP contribution in [0.4, 0.5) is 0 Å². The average Bonchev–Trinajstić information content (AvgIpc) is 3.21.